The maximum Gasteiger partial charge on any atom is 0.282 e. The summed E-state index contributed by atoms with van der Waals surface area (Å²) in [6.07, 6.45) is 2.97. The number of hydrogen-bond donors (Lipinski definition) is 2. The van der Waals surface area contributed by atoms with Crippen molar-refractivity contribution in [3.63, 3.8) is 0 Å². The third-order valence-corrected chi connectivity index (χ3v) is 6.04. The summed E-state index contributed by atoms with van der Waals surface area (Å²) in [5.74, 6) is 0.577. The number of fused-ring (bicyclic) bond motifs is 2. The van der Waals surface area contributed by atoms with Gasteiger partial charge in [0.05, 0.1) is 4.90 Å². The summed E-state index contributed by atoms with van der Waals surface area (Å²) >= 11 is 0. The van der Waals surface area contributed by atoms with Crippen molar-refractivity contribution in [2.45, 2.75) is 4.90 Å². The van der Waals surface area contributed by atoms with Gasteiger partial charge < -0.3 is 19.8 Å². The Morgan fingerprint density at radius 1 is 1.07 bits per heavy atom. The lowest BCUT2D eigenvalue weighted by molar-refractivity contribution is 0.102. The monoisotopic (exact) mass is 410 g/mol. The first-order valence-electron chi connectivity index (χ1n) is 8.60. The molecule has 0 radical (unpaired) electrons. The number of amides is 1. The van der Waals surface area contributed by atoms with Crippen LogP contribution in [0.1, 0.15) is 10.5 Å². The number of aromatic nitrogens is 3. The number of nitrogens with zero attached hydrogens (tertiary/aromatic N) is 2. The van der Waals surface area contributed by atoms with Crippen LogP contribution in [0.25, 0.3) is 10.9 Å². The first kappa shape index (κ1) is 17.3. The summed E-state index contributed by atoms with van der Waals surface area (Å²) in [6.45, 7) is 0.129. The number of aromatic amines is 1. The van der Waals surface area contributed by atoms with Crippen LogP contribution in [0.15, 0.2) is 65.8 Å². The van der Waals surface area contributed by atoms with E-state index < -0.39 is 15.9 Å². The topological polar surface area (TPSA) is 115 Å². The molecule has 0 spiro atoms. The maximum absolute atomic E-state index is 12.8. The number of hydrogen-bond acceptors (Lipinski definition) is 6. The van der Waals surface area contributed by atoms with Crippen molar-refractivity contribution in [3.8, 4) is 11.5 Å². The molecule has 0 saturated heterocycles. The van der Waals surface area contributed by atoms with Gasteiger partial charge in [-0.1, -0.05) is 0 Å². The van der Waals surface area contributed by atoms with Gasteiger partial charge in [-0.2, -0.15) is 17.6 Å². The number of carbonyl (C=O) groups is 1. The number of benzene rings is 2. The van der Waals surface area contributed by atoms with Gasteiger partial charge in [-0.05, 0) is 42.5 Å². The number of nitrogens with one attached hydrogen (secondary N) is 2. The molecule has 0 fully saturated rings. The molecule has 2 aromatic heterocycles. The molecule has 3 heterocycles. The Kier molecular flexibility index (Phi) is 3.81. The summed E-state index contributed by atoms with van der Waals surface area (Å²) in [5.41, 5.74) is 1.27. The molecular weight excluding hydrogens is 396 g/mol. The zero-order chi connectivity index (χ0) is 20.0. The molecule has 0 saturated carbocycles. The Bertz CT molecular complexity index is 1360. The second-order valence-electron chi connectivity index (χ2n) is 6.33. The van der Waals surface area contributed by atoms with Crippen molar-refractivity contribution in [1.82, 2.24) is 14.2 Å². The van der Waals surface area contributed by atoms with Gasteiger partial charge in [0.2, 0.25) is 6.79 Å². The van der Waals surface area contributed by atoms with Crippen molar-refractivity contribution in [2.24, 2.45) is 0 Å². The van der Waals surface area contributed by atoms with E-state index >= 15 is 0 Å². The van der Waals surface area contributed by atoms with Gasteiger partial charge in [-0.25, -0.2) is 0 Å². The lowest BCUT2D eigenvalue weighted by Crippen LogP contribution is -2.17. The molecule has 0 atom stereocenters. The van der Waals surface area contributed by atoms with E-state index in [4.69, 9.17) is 9.47 Å². The average Bonchev–Trinajstić information content (AvgIpc) is 3.46. The quantitative estimate of drug-likeness (QED) is 0.534. The highest BCUT2D eigenvalue weighted by atomic mass is 32.2. The van der Waals surface area contributed by atoms with Gasteiger partial charge >= 0.3 is 0 Å². The van der Waals surface area contributed by atoms with Crippen LogP contribution in [0, 0.1) is 0 Å². The van der Waals surface area contributed by atoms with E-state index in [1.165, 1.54) is 18.3 Å². The van der Waals surface area contributed by atoms with Crippen LogP contribution in [0.5, 0.6) is 11.5 Å². The SMILES string of the molecule is O=C(Nc1ccc2c(c1)OCO2)c1ccn(S(=O)(=O)c2ccc3[nH]ccc3c2)n1. The summed E-state index contributed by atoms with van der Waals surface area (Å²) < 4.78 is 37.0. The fourth-order valence-corrected chi connectivity index (χ4v) is 4.18. The third kappa shape index (κ3) is 2.99. The number of anilines is 1. The molecule has 1 amide bonds. The number of carbonyl (C=O) groups excluding carboxylic acids is 1. The van der Waals surface area contributed by atoms with Crippen LogP contribution in [0.2, 0.25) is 0 Å². The third-order valence-electron chi connectivity index (χ3n) is 4.50. The zero-order valence-corrected chi connectivity index (χ0v) is 15.6. The molecule has 146 valence electrons. The van der Waals surface area contributed by atoms with Gasteiger partial charge in [0.25, 0.3) is 15.9 Å². The smallest absolute Gasteiger partial charge is 0.282 e. The van der Waals surface area contributed by atoms with E-state index in [0.717, 1.165) is 15.0 Å². The molecule has 1 aliphatic heterocycles. The molecule has 0 aliphatic carbocycles. The zero-order valence-electron chi connectivity index (χ0n) is 14.8. The Morgan fingerprint density at radius 2 is 1.93 bits per heavy atom. The van der Waals surface area contributed by atoms with Crippen molar-refractivity contribution in [2.75, 3.05) is 12.1 Å². The fourth-order valence-electron chi connectivity index (χ4n) is 3.03. The summed E-state index contributed by atoms with van der Waals surface area (Å²) in [7, 11) is -3.93. The second kappa shape index (κ2) is 6.38. The number of H-pyrrole nitrogens is 1. The van der Waals surface area contributed by atoms with Gasteiger partial charge in [0.15, 0.2) is 17.2 Å². The highest BCUT2D eigenvalue weighted by Crippen LogP contribution is 2.34. The van der Waals surface area contributed by atoms with Crippen LogP contribution in [0.4, 0.5) is 5.69 Å². The first-order chi connectivity index (χ1) is 14.0. The maximum atomic E-state index is 12.8. The fraction of sp³-hybridized carbons (Fsp3) is 0.0526. The Labute approximate surface area is 164 Å². The van der Waals surface area contributed by atoms with E-state index in [1.807, 2.05) is 0 Å². The Balaban J connectivity index is 1.40. The highest BCUT2D eigenvalue weighted by molar-refractivity contribution is 7.89. The van der Waals surface area contributed by atoms with Crippen LogP contribution in [-0.2, 0) is 10.0 Å². The molecule has 0 bridgehead atoms. The van der Waals surface area contributed by atoms with E-state index in [9.17, 15) is 13.2 Å². The largest absolute Gasteiger partial charge is 0.454 e. The molecule has 2 N–H and O–H groups in total. The van der Waals surface area contributed by atoms with Crippen molar-refractivity contribution < 1.29 is 22.7 Å². The predicted octanol–water partition coefficient (Wildman–Crippen LogP) is 2.58. The molecule has 4 aromatic rings. The highest BCUT2D eigenvalue weighted by Gasteiger charge is 2.21. The van der Waals surface area contributed by atoms with Gasteiger partial charge in [-0.3, -0.25) is 4.79 Å². The average molecular weight is 410 g/mol. The van der Waals surface area contributed by atoms with Gasteiger partial charge in [0, 0.05) is 35.1 Å². The van der Waals surface area contributed by atoms with Gasteiger partial charge in [0.1, 0.15) is 0 Å². The molecule has 5 rings (SSSR count). The van der Waals surface area contributed by atoms with Crippen molar-refractivity contribution >= 4 is 32.5 Å². The molecule has 10 heteroatoms. The van der Waals surface area contributed by atoms with Crippen LogP contribution < -0.4 is 14.8 Å². The Morgan fingerprint density at radius 3 is 2.83 bits per heavy atom. The molecule has 1 aliphatic rings. The van der Waals surface area contributed by atoms with E-state index in [0.29, 0.717) is 17.2 Å². The lowest BCUT2D eigenvalue weighted by atomic mass is 10.2. The van der Waals surface area contributed by atoms with E-state index in [2.05, 4.69) is 15.4 Å². The van der Waals surface area contributed by atoms with Crippen LogP contribution in [-0.4, -0.2) is 35.3 Å². The minimum absolute atomic E-state index is 0.0334. The minimum Gasteiger partial charge on any atom is -0.454 e. The standard InChI is InChI=1S/C19H14N4O5S/c24-19(21-13-1-4-17-18(10-13)28-11-27-17)16-6-8-23(22-16)29(25,26)14-2-3-15-12(9-14)5-7-20-15/h1-10,20H,11H2,(H,21,24). The van der Waals surface area contributed by atoms with Crippen molar-refractivity contribution in [3.05, 3.63) is 66.6 Å². The van der Waals surface area contributed by atoms with Crippen molar-refractivity contribution in [1.29, 1.82) is 0 Å². The summed E-state index contributed by atoms with van der Waals surface area (Å²) in [5, 5.41) is 7.37. The molecule has 29 heavy (non-hydrogen) atoms. The Hall–Kier alpha value is -3.79. The number of ether oxygens (including phenoxy) is 2. The molecular formula is C19H14N4O5S. The normalized spacial score (nSPS) is 13.0. The van der Waals surface area contributed by atoms with Crippen LogP contribution >= 0.6 is 0 Å². The molecule has 2 aromatic carbocycles. The summed E-state index contributed by atoms with van der Waals surface area (Å²) in [4.78, 5) is 15.6. The predicted molar refractivity (Wildman–Crippen MR) is 104 cm³/mol. The molecule has 9 nitrogen and oxygen atoms in total. The molecule has 0 unspecified atom stereocenters. The second-order valence-corrected chi connectivity index (χ2v) is 8.12. The number of rotatable bonds is 4. The minimum atomic E-state index is -3.93. The van der Waals surface area contributed by atoms with Gasteiger partial charge in [-0.15, -0.1) is 0 Å². The van der Waals surface area contributed by atoms with Crippen LogP contribution in [0.3, 0.4) is 0 Å². The first-order valence-corrected chi connectivity index (χ1v) is 10.0. The summed E-state index contributed by atoms with van der Waals surface area (Å²) in [6, 6.07) is 12.8. The van der Waals surface area contributed by atoms with E-state index in [1.54, 1.807) is 42.6 Å². The van der Waals surface area contributed by atoms with E-state index in [-0.39, 0.29) is 17.4 Å². The lowest BCUT2D eigenvalue weighted by Gasteiger charge is -2.06.